The van der Waals surface area contributed by atoms with Gasteiger partial charge in [-0.1, -0.05) is 0 Å². The first-order chi connectivity index (χ1) is 9.31. The fourth-order valence-electron chi connectivity index (χ4n) is 3.19. The number of piperidine rings is 1. The second kappa shape index (κ2) is 4.31. The number of nitrogens with zero attached hydrogens (tertiary/aromatic N) is 3. The van der Waals surface area contributed by atoms with Crippen molar-refractivity contribution in [3.8, 4) is 0 Å². The number of nitrogens with one attached hydrogen (secondary N) is 1. The molecular formula is C13H16N4OS. The van der Waals surface area contributed by atoms with Gasteiger partial charge >= 0.3 is 0 Å². The number of hydrogen-bond donors (Lipinski definition) is 1. The van der Waals surface area contributed by atoms with E-state index in [9.17, 15) is 4.79 Å². The molecule has 0 aromatic carbocycles. The number of aromatic nitrogens is 2. The summed E-state index contributed by atoms with van der Waals surface area (Å²) in [6.45, 7) is 2.51. The number of thiazole rings is 1. The molecule has 2 aromatic heterocycles. The monoisotopic (exact) mass is 276 g/mol. The molecule has 100 valence electrons. The fraction of sp³-hybridized carbons (Fsp3) is 0.538. The molecule has 2 aliphatic rings. The maximum Gasteiger partial charge on any atom is 0.227 e. The molecule has 2 atom stereocenters. The van der Waals surface area contributed by atoms with E-state index in [-0.39, 0.29) is 5.92 Å². The lowest BCUT2D eigenvalue weighted by molar-refractivity contribution is -0.132. The van der Waals surface area contributed by atoms with Gasteiger partial charge in [0.1, 0.15) is 0 Å². The lowest BCUT2D eigenvalue weighted by Crippen LogP contribution is -2.41. The van der Waals surface area contributed by atoms with Crippen LogP contribution in [-0.4, -0.2) is 39.3 Å². The van der Waals surface area contributed by atoms with Gasteiger partial charge in [-0.25, -0.2) is 4.98 Å². The predicted octanol–water partition coefficient (Wildman–Crippen LogP) is 1.11. The van der Waals surface area contributed by atoms with Gasteiger partial charge in [0.15, 0.2) is 4.96 Å². The molecule has 0 radical (unpaired) electrons. The minimum absolute atomic E-state index is 0.192. The average molecular weight is 276 g/mol. The van der Waals surface area contributed by atoms with Gasteiger partial charge in [-0.2, -0.15) is 0 Å². The van der Waals surface area contributed by atoms with Crippen LogP contribution in [-0.2, 0) is 11.3 Å². The van der Waals surface area contributed by atoms with Crippen molar-refractivity contribution >= 4 is 22.2 Å². The van der Waals surface area contributed by atoms with Crippen molar-refractivity contribution in [2.75, 3.05) is 13.1 Å². The molecule has 0 bridgehead atoms. The number of carbonyl (C=O) groups is 1. The average Bonchev–Trinajstić information content (AvgIpc) is 3.05. The van der Waals surface area contributed by atoms with E-state index in [2.05, 4.69) is 10.3 Å². The molecule has 19 heavy (non-hydrogen) atoms. The first-order valence-corrected chi connectivity index (χ1v) is 7.62. The Bertz CT molecular complexity index is 590. The van der Waals surface area contributed by atoms with Gasteiger partial charge in [-0.15, -0.1) is 11.3 Å². The van der Waals surface area contributed by atoms with Crippen molar-refractivity contribution in [3.63, 3.8) is 0 Å². The van der Waals surface area contributed by atoms with Crippen LogP contribution in [0.2, 0.25) is 0 Å². The lowest BCUT2D eigenvalue weighted by atomic mass is 9.94. The summed E-state index contributed by atoms with van der Waals surface area (Å²) in [4.78, 5) is 19.9. The number of amides is 1. The van der Waals surface area contributed by atoms with Gasteiger partial charge in [0.05, 0.1) is 18.2 Å². The standard InChI is InChI=1S/C13H16N4OS/c18-12-10-2-1-3-14-11(10)8-17(12)7-9-6-16-4-5-19-13(16)15-9/h4-6,10-11,14H,1-3,7-8H2. The van der Waals surface area contributed by atoms with Gasteiger partial charge in [0, 0.05) is 30.4 Å². The van der Waals surface area contributed by atoms with Crippen molar-refractivity contribution in [2.24, 2.45) is 5.92 Å². The summed E-state index contributed by atoms with van der Waals surface area (Å²) in [5.74, 6) is 0.492. The van der Waals surface area contributed by atoms with Crippen molar-refractivity contribution < 1.29 is 4.79 Å². The van der Waals surface area contributed by atoms with Crippen molar-refractivity contribution in [1.82, 2.24) is 19.6 Å². The Labute approximate surface area is 115 Å². The van der Waals surface area contributed by atoms with E-state index in [4.69, 9.17) is 0 Å². The smallest absolute Gasteiger partial charge is 0.227 e. The molecule has 0 spiro atoms. The molecule has 2 unspecified atom stereocenters. The molecule has 0 saturated carbocycles. The fourth-order valence-corrected chi connectivity index (χ4v) is 3.91. The molecule has 2 saturated heterocycles. The van der Waals surface area contributed by atoms with E-state index in [1.165, 1.54) is 0 Å². The summed E-state index contributed by atoms with van der Waals surface area (Å²) in [6.07, 6.45) is 6.17. The molecule has 2 aliphatic heterocycles. The third-order valence-electron chi connectivity index (χ3n) is 4.13. The van der Waals surface area contributed by atoms with Crippen LogP contribution in [0.3, 0.4) is 0 Å². The third kappa shape index (κ3) is 1.86. The van der Waals surface area contributed by atoms with Crippen LogP contribution < -0.4 is 5.32 Å². The van der Waals surface area contributed by atoms with Crippen LogP contribution in [0.4, 0.5) is 0 Å². The summed E-state index contributed by atoms with van der Waals surface area (Å²) < 4.78 is 2.02. The van der Waals surface area contributed by atoms with Crippen molar-refractivity contribution in [3.05, 3.63) is 23.5 Å². The maximum absolute atomic E-state index is 12.4. The number of imidazole rings is 1. The number of fused-ring (bicyclic) bond motifs is 2. The molecule has 6 heteroatoms. The van der Waals surface area contributed by atoms with Crippen molar-refractivity contribution in [2.45, 2.75) is 25.4 Å². The first kappa shape index (κ1) is 11.4. The minimum Gasteiger partial charge on any atom is -0.335 e. The quantitative estimate of drug-likeness (QED) is 0.894. The molecule has 5 nitrogen and oxygen atoms in total. The molecule has 4 heterocycles. The van der Waals surface area contributed by atoms with Crippen LogP contribution >= 0.6 is 11.3 Å². The van der Waals surface area contributed by atoms with E-state index >= 15 is 0 Å². The van der Waals surface area contributed by atoms with Crippen molar-refractivity contribution in [1.29, 1.82) is 0 Å². The van der Waals surface area contributed by atoms with Crippen LogP contribution in [0.1, 0.15) is 18.5 Å². The molecule has 1 amide bonds. The maximum atomic E-state index is 12.4. The van der Waals surface area contributed by atoms with Gasteiger partial charge in [-0.05, 0) is 19.4 Å². The zero-order chi connectivity index (χ0) is 12.8. The highest BCUT2D eigenvalue weighted by molar-refractivity contribution is 7.15. The van der Waals surface area contributed by atoms with Crippen LogP contribution in [0.25, 0.3) is 4.96 Å². The molecule has 2 aromatic rings. The normalized spacial score (nSPS) is 27.2. The SMILES string of the molecule is O=C1C2CCCNC2CN1Cc1cn2ccsc2n1. The summed E-state index contributed by atoms with van der Waals surface area (Å²) in [5, 5.41) is 5.48. The Balaban J connectivity index is 1.53. The minimum atomic E-state index is 0.192. The Hall–Kier alpha value is -1.40. The Morgan fingerprint density at radius 1 is 1.53 bits per heavy atom. The zero-order valence-electron chi connectivity index (χ0n) is 10.6. The van der Waals surface area contributed by atoms with Crippen LogP contribution in [0.15, 0.2) is 17.8 Å². The number of likely N-dealkylation sites (tertiary alicyclic amines) is 1. The number of hydrogen-bond acceptors (Lipinski definition) is 4. The van der Waals surface area contributed by atoms with Gasteiger partial charge < -0.3 is 10.2 Å². The Morgan fingerprint density at radius 3 is 3.32 bits per heavy atom. The molecule has 4 rings (SSSR count). The van der Waals surface area contributed by atoms with E-state index in [0.29, 0.717) is 18.5 Å². The summed E-state index contributed by atoms with van der Waals surface area (Å²) in [6, 6.07) is 0.352. The first-order valence-electron chi connectivity index (χ1n) is 6.74. The van der Waals surface area contributed by atoms with Gasteiger partial charge in [0.2, 0.25) is 5.91 Å². The topological polar surface area (TPSA) is 49.6 Å². The van der Waals surface area contributed by atoms with E-state index in [0.717, 1.165) is 36.6 Å². The highest BCUT2D eigenvalue weighted by atomic mass is 32.1. The zero-order valence-corrected chi connectivity index (χ0v) is 11.4. The third-order valence-corrected chi connectivity index (χ3v) is 4.90. The highest BCUT2D eigenvalue weighted by Gasteiger charge is 2.41. The van der Waals surface area contributed by atoms with Gasteiger partial charge in [0.25, 0.3) is 0 Å². The molecule has 2 fully saturated rings. The summed E-state index contributed by atoms with van der Waals surface area (Å²) in [5.41, 5.74) is 0.985. The Kier molecular flexibility index (Phi) is 2.60. The molecule has 0 aliphatic carbocycles. The second-order valence-electron chi connectivity index (χ2n) is 5.35. The summed E-state index contributed by atoms with van der Waals surface area (Å²) in [7, 11) is 0. The lowest BCUT2D eigenvalue weighted by Gasteiger charge is -2.23. The largest absolute Gasteiger partial charge is 0.335 e. The van der Waals surface area contributed by atoms with Crippen LogP contribution in [0.5, 0.6) is 0 Å². The highest BCUT2D eigenvalue weighted by Crippen LogP contribution is 2.27. The predicted molar refractivity (Wildman–Crippen MR) is 73.0 cm³/mol. The van der Waals surface area contributed by atoms with E-state index < -0.39 is 0 Å². The number of rotatable bonds is 2. The molecular weight excluding hydrogens is 260 g/mol. The summed E-state index contributed by atoms with van der Waals surface area (Å²) >= 11 is 1.62. The van der Waals surface area contributed by atoms with E-state index in [1.54, 1.807) is 11.3 Å². The second-order valence-corrected chi connectivity index (χ2v) is 6.23. The van der Waals surface area contributed by atoms with Crippen LogP contribution in [0, 0.1) is 5.92 Å². The number of carbonyl (C=O) groups excluding carboxylic acids is 1. The van der Waals surface area contributed by atoms with E-state index in [1.807, 2.05) is 27.1 Å². The molecule has 1 N–H and O–H groups in total. The van der Waals surface area contributed by atoms with Gasteiger partial charge in [-0.3, -0.25) is 9.20 Å². The Morgan fingerprint density at radius 2 is 2.47 bits per heavy atom.